The van der Waals surface area contributed by atoms with Crippen molar-refractivity contribution in [1.29, 1.82) is 0 Å². The van der Waals surface area contributed by atoms with E-state index in [1.807, 2.05) is 42.9 Å². The molecule has 3 rings (SSSR count). The molecule has 1 aliphatic rings. The summed E-state index contributed by atoms with van der Waals surface area (Å²) in [7, 11) is 1.85. The van der Waals surface area contributed by atoms with Crippen LogP contribution in [0.15, 0.2) is 35.6 Å². The Morgan fingerprint density at radius 1 is 1.24 bits per heavy atom. The number of nitrogens with zero attached hydrogens (tertiary/aromatic N) is 5. The van der Waals surface area contributed by atoms with Gasteiger partial charge in [-0.05, 0) is 18.6 Å². The van der Waals surface area contributed by atoms with E-state index in [1.165, 1.54) is 9.88 Å². The molecule has 1 fully saturated rings. The molecule has 1 N–H and O–H groups in total. The van der Waals surface area contributed by atoms with Gasteiger partial charge in [0.15, 0.2) is 5.96 Å². The van der Waals surface area contributed by atoms with E-state index in [2.05, 4.69) is 43.1 Å². The Morgan fingerprint density at radius 3 is 2.72 bits per heavy atom. The van der Waals surface area contributed by atoms with Gasteiger partial charge in [0, 0.05) is 63.5 Å². The topological polar surface area (TPSA) is 56.7 Å². The Balaban J connectivity index is 1.46. The number of pyridine rings is 1. The van der Waals surface area contributed by atoms with Gasteiger partial charge in [0.1, 0.15) is 5.82 Å². The van der Waals surface area contributed by atoms with Crippen LogP contribution in [0.5, 0.6) is 0 Å². The Labute approximate surface area is 153 Å². The molecule has 1 aliphatic heterocycles. The zero-order valence-electron chi connectivity index (χ0n) is 15.0. The van der Waals surface area contributed by atoms with E-state index >= 15 is 0 Å². The highest BCUT2D eigenvalue weighted by Crippen LogP contribution is 2.14. The maximum atomic E-state index is 4.48. The fourth-order valence-electron chi connectivity index (χ4n) is 2.93. The van der Waals surface area contributed by atoms with Crippen LogP contribution in [0.1, 0.15) is 16.8 Å². The van der Waals surface area contributed by atoms with Crippen LogP contribution in [-0.2, 0) is 12.8 Å². The lowest BCUT2D eigenvalue weighted by atomic mass is 10.3. The zero-order valence-corrected chi connectivity index (χ0v) is 15.8. The molecule has 0 radical (unpaired) electrons. The molecule has 134 valence electrons. The predicted octanol–water partition coefficient (Wildman–Crippen LogP) is 2.04. The third-order valence-corrected chi connectivity index (χ3v) is 5.54. The summed E-state index contributed by atoms with van der Waals surface area (Å²) in [6.07, 6.45) is 5.85. The van der Waals surface area contributed by atoms with Crippen molar-refractivity contribution in [2.75, 3.05) is 44.7 Å². The summed E-state index contributed by atoms with van der Waals surface area (Å²) >= 11 is 1.81. The van der Waals surface area contributed by atoms with Crippen LogP contribution in [0, 0.1) is 0 Å². The fraction of sp³-hybridized carbons (Fsp3) is 0.500. The van der Waals surface area contributed by atoms with Crippen LogP contribution in [0.25, 0.3) is 0 Å². The molecule has 0 unspecified atom stereocenters. The fourth-order valence-corrected chi connectivity index (χ4v) is 3.79. The van der Waals surface area contributed by atoms with Crippen LogP contribution in [0.4, 0.5) is 5.82 Å². The molecule has 7 heteroatoms. The molecule has 0 spiro atoms. The molecule has 0 amide bonds. The summed E-state index contributed by atoms with van der Waals surface area (Å²) in [4.78, 5) is 19.4. The third kappa shape index (κ3) is 4.69. The standard InChI is InChI=1S/C18H26N6S/c1-3-15-14-22-17(25-15)7-9-21-18(19-2)24-12-10-23(11-13-24)16-6-4-5-8-20-16/h4-6,8,14H,3,7,9-13H2,1-2H3,(H,19,21). The van der Waals surface area contributed by atoms with E-state index in [0.29, 0.717) is 0 Å². The minimum Gasteiger partial charge on any atom is -0.356 e. The average molecular weight is 359 g/mol. The first-order chi connectivity index (χ1) is 12.3. The molecule has 2 aromatic heterocycles. The van der Waals surface area contributed by atoms with Gasteiger partial charge in [-0.25, -0.2) is 9.97 Å². The molecule has 0 aliphatic carbocycles. The van der Waals surface area contributed by atoms with Gasteiger partial charge >= 0.3 is 0 Å². The minimum absolute atomic E-state index is 0.865. The SMILES string of the molecule is CCc1cnc(CCNC(=NC)N2CCN(c3ccccn3)CC2)s1. The number of aliphatic imine (C=N–C) groups is 1. The van der Waals surface area contributed by atoms with E-state index in [4.69, 9.17) is 0 Å². The van der Waals surface area contributed by atoms with Crippen molar-refractivity contribution in [2.45, 2.75) is 19.8 Å². The Hall–Kier alpha value is -2.15. The second-order valence-electron chi connectivity index (χ2n) is 5.96. The second-order valence-corrected chi connectivity index (χ2v) is 7.16. The first-order valence-electron chi connectivity index (χ1n) is 8.85. The van der Waals surface area contributed by atoms with Gasteiger partial charge in [-0.2, -0.15) is 0 Å². The van der Waals surface area contributed by atoms with E-state index in [0.717, 1.165) is 57.3 Å². The number of aryl methyl sites for hydroxylation is 1. The molecular weight excluding hydrogens is 332 g/mol. The smallest absolute Gasteiger partial charge is 0.193 e. The van der Waals surface area contributed by atoms with Crippen molar-refractivity contribution in [3.63, 3.8) is 0 Å². The van der Waals surface area contributed by atoms with Crippen LogP contribution >= 0.6 is 11.3 Å². The van der Waals surface area contributed by atoms with Gasteiger partial charge in [-0.3, -0.25) is 4.99 Å². The molecule has 2 aromatic rings. The van der Waals surface area contributed by atoms with Gasteiger partial charge in [-0.15, -0.1) is 11.3 Å². The summed E-state index contributed by atoms with van der Waals surface area (Å²) in [6, 6.07) is 6.07. The van der Waals surface area contributed by atoms with Crippen molar-refractivity contribution in [2.24, 2.45) is 4.99 Å². The molecule has 0 saturated carbocycles. The van der Waals surface area contributed by atoms with E-state index < -0.39 is 0 Å². The first kappa shape index (κ1) is 17.7. The number of rotatable bonds is 5. The molecular formula is C18H26N6S. The highest BCUT2D eigenvalue weighted by Gasteiger charge is 2.20. The summed E-state index contributed by atoms with van der Waals surface area (Å²) in [5.41, 5.74) is 0. The number of piperazine rings is 1. The predicted molar refractivity (Wildman–Crippen MR) is 105 cm³/mol. The van der Waals surface area contributed by atoms with Crippen molar-refractivity contribution in [3.05, 3.63) is 40.5 Å². The van der Waals surface area contributed by atoms with Crippen molar-refractivity contribution in [3.8, 4) is 0 Å². The largest absolute Gasteiger partial charge is 0.356 e. The molecule has 3 heterocycles. The van der Waals surface area contributed by atoms with E-state index in [1.54, 1.807) is 0 Å². The monoisotopic (exact) mass is 358 g/mol. The highest BCUT2D eigenvalue weighted by atomic mass is 32.1. The number of hydrogen-bond donors (Lipinski definition) is 1. The molecule has 1 saturated heterocycles. The van der Waals surface area contributed by atoms with Crippen molar-refractivity contribution in [1.82, 2.24) is 20.2 Å². The van der Waals surface area contributed by atoms with E-state index in [-0.39, 0.29) is 0 Å². The Morgan fingerprint density at radius 2 is 2.08 bits per heavy atom. The molecule has 6 nitrogen and oxygen atoms in total. The summed E-state index contributed by atoms with van der Waals surface area (Å²) < 4.78 is 0. The maximum absolute atomic E-state index is 4.48. The number of thiazole rings is 1. The number of aromatic nitrogens is 2. The van der Waals surface area contributed by atoms with Gasteiger partial charge in [0.25, 0.3) is 0 Å². The number of guanidine groups is 1. The molecule has 0 aromatic carbocycles. The minimum atomic E-state index is 0.865. The lowest BCUT2D eigenvalue weighted by Crippen LogP contribution is -2.53. The third-order valence-electron chi connectivity index (χ3n) is 4.34. The average Bonchev–Trinajstić information content (AvgIpc) is 3.14. The van der Waals surface area contributed by atoms with Crippen LogP contribution < -0.4 is 10.2 Å². The highest BCUT2D eigenvalue weighted by molar-refractivity contribution is 7.11. The van der Waals surface area contributed by atoms with Gasteiger partial charge in [-0.1, -0.05) is 13.0 Å². The van der Waals surface area contributed by atoms with Gasteiger partial charge in [0.05, 0.1) is 5.01 Å². The summed E-state index contributed by atoms with van der Waals surface area (Å²) in [5.74, 6) is 2.04. The summed E-state index contributed by atoms with van der Waals surface area (Å²) in [6.45, 7) is 6.86. The Bertz CT molecular complexity index is 676. The van der Waals surface area contributed by atoms with Crippen LogP contribution in [0.3, 0.4) is 0 Å². The van der Waals surface area contributed by atoms with Crippen molar-refractivity contribution < 1.29 is 0 Å². The number of nitrogens with one attached hydrogen (secondary N) is 1. The first-order valence-corrected chi connectivity index (χ1v) is 9.67. The lowest BCUT2D eigenvalue weighted by Gasteiger charge is -2.37. The lowest BCUT2D eigenvalue weighted by molar-refractivity contribution is 0.372. The summed E-state index contributed by atoms with van der Waals surface area (Å²) in [5, 5.41) is 4.67. The zero-order chi connectivity index (χ0) is 17.5. The van der Waals surface area contributed by atoms with Gasteiger partial charge in [0.2, 0.25) is 0 Å². The van der Waals surface area contributed by atoms with Gasteiger partial charge < -0.3 is 15.1 Å². The number of hydrogen-bond acceptors (Lipinski definition) is 5. The molecule has 0 atom stereocenters. The van der Waals surface area contributed by atoms with Crippen LogP contribution in [0.2, 0.25) is 0 Å². The molecule has 25 heavy (non-hydrogen) atoms. The van der Waals surface area contributed by atoms with Crippen molar-refractivity contribution >= 4 is 23.1 Å². The maximum Gasteiger partial charge on any atom is 0.193 e. The van der Waals surface area contributed by atoms with Crippen LogP contribution in [-0.4, -0.2) is 60.6 Å². The normalized spacial score (nSPS) is 15.5. The molecule has 0 bridgehead atoms. The Kier molecular flexibility index (Phi) is 6.22. The van der Waals surface area contributed by atoms with E-state index in [9.17, 15) is 0 Å². The number of anilines is 1. The second kappa shape index (κ2) is 8.80. The quantitative estimate of drug-likeness (QED) is 0.655.